The van der Waals surface area contributed by atoms with Crippen LogP contribution < -0.4 is 5.73 Å². The lowest BCUT2D eigenvalue weighted by Crippen LogP contribution is -2.50. The Hall–Kier alpha value is -0.610. The van der Waals surface area contributed by atoms with Crippen LogP contribution in [0.2, 0.25) is 0 Å². The molecular weight excluding hydrogens is 228 g/mol. The highest BCUT2D eigenvalue weighted by Crippen LogP contribution is 2.33. The Bertz CT molecular complexity index is 302. The Labute approximate surface area is 110 Å². The van der Waals surface area contributed by atoms with Crippen LogP contribution in [0.25, 0.3) is 0 Å². The fourth-order valence-corrected chi connectivity index (χ4v) is 3.58. The highest BCUT2D eigenvalue weighted by molar-refractivity contribution is 5.80. The molecule has 4 heteroatoms. The molecule has 0 spiro atoms. The Morgan fingerprint density at radius 3 is 2.67 bits per heavy atom. The maximum atomic E-state index is 12.0. The van der Waals surface area contributed by atoms with Gasteiger partial charge in [0, 0.05) is 19.1 Å². The Kier molecular flexibility index (Phi) is 4.28. The van der Waals surface area contributed by atoms with Crippen molar-refractivity contribution < 1.29 is 9.53 Å². The first-order valence-corrected chi connectivity index (χ1v) is 7.15. The van der Waals surface area contributed by atoms with E-state index in [4.69, 9.17) is 10.5 Å². The highest BCUT2D eigenvalue weighted by atomic mass is 16.5. The first kappa shape index (κ1) is 13.8. The summed E-state index contributed by atoms with van der Waals surface area (Å²) < 4.78 is 4.97. The fourth-order valence-electron chi connectivity index (χ4n) is 3.58. The van der Waals surface area contributed by atoms with Crippen LogP contribution in [0.5, 0.6) is 0 Å². The van der Waals surface area contributed by atoms with Crippen LogP contribution in [0, 0.1) is 5.92 Å². The van der Waals surface area contributed by atoms with Gasteiger partial charge in [0.05, 0.1) is 7.11 Å². The molecule has 1 heterocycles. The number of hydrogen-bond acceptors (Lipinski definition) is 4. The molecule has 2 rings (SSSR count). The number of ether oxygens (including phenoxy) is 1. The number of hydrogen-bond donors (Lipinski definition) is 1. The number of nitrogens with zero attached hydrogens (tertiary/aromatic N) is 1. The van der Waals surface area contributed by atoms with Gasteiger partial charge in [-0.1, -0.05) is 19.3 Å². The van der Waals surface area contributed by atoms with E-state index in [1.807, 2.05) is 6.92 Å². The zero-order valence-corrected chi connectivity index (χ0v) is 11.7. The van der Waals surface area contributed by atoms with Crippen LogP contribution >= 0.6 is 0 Å². The van der Waals surface area contributed by atoms with Crippen molar-refractivity contribution in [3.05, 3.63) is 0 Å². The number of esters is 1. The summed E-state index contributed by atoms with van der Waals surface area (Å²) in [5.74, 6) is 0.597. The van der Waals surface area contributed by atoms with E-state index in [0.717, 1.165) is 19.0 Å². The van der Waals surface area contributed by atoms with Crippen molar-refractivity contribution in [1.82, 2.24) is 4.90 Å². The summed E-state index contributed by atoms with van der Waals surface area (Å²) in [6, 6.07) is 0.0951. The molecule has 0 bridgehead atoms. The molecule has 1 saturated heterocycles. The van der Waals surface area contributed by atoms with Gasteiger partial charge in [-0.15, -0.1) is 0 Å². The number of carbonyl (C=O) groups is 1. The van der Waals surface area contributed by atoms with Gasteiger partial charge in [0.2, 0.25) is 0 Å². The van der Waals surface area contributed by atoms with Crippen molar-refractivity contribution in [3.8, 4) is 0 Å². The summed E-state index contributed by atoms with van der Waals surface area (Å²) in [5, 5.41) is 0. The SMILES string of the molecule is COC(=O)[C@]1(C)C[C@H](N)CN1CC1CCCCC1. The maximum Gasteiger partial charge on any atom is 0.326 e. The Morgan fingerprint density at radius 2 is 2.06 bits per heavy atom. The summed E-state index contributed by atoms with van der Waals surface area (Å²) in [6.45, 7) is 3.80. The summed E-state index contributed by atoms with van der Waals surface area (Å²) >= 11 is 0. The van der Waals surface area contributed by atoms with Gasteiger partial charge in [-0.25, -0.2) is 0 Å². The first-order chi connectivity index (χ1) is 8.56. The summed E-state index contributed by atoms with van der Waals surface area (Å²) in [7, 11) is 1.47. The Balaban J connectivity index is 2.02. The van der Waals surface area contributed by atoms with Gasteiger partial charge < -0.3 is 10.5 Å². The van der Waals surface area contributed by atoms with Crippen LogP contribution in [-0.4, -0.2) is 42.6 Å². The molecule has 0 amide bonds. The number of rotatable bonds is 3. The van der Waals surface area contributed by atoms with Gasteiger partial charge in [-0.05, 0) is 32.1 Å². The summed E-state index contributed by atoms with van der Waals surface area (Å²) in [4.78, 5) is 14.3. The molecule has 0 radical (unpaired) electrons. The minimum absolute atomic E-state index is 0.0951. The van der Waals surface area contributed by atoms with Crippen LogP contribution in [0.1, 0.15) is 45.4 Å². The van der Waals surface area contributed by atoms with Gasteiger partial charge in [0.1, 0.15) is 5.54 Å². The zero-order chi connectivity index (χ0) is 13.2. The molecule has 0 unspecified atom stereocenters. The molecule has 1 saturated carbocycles. The van der Waals surface area contributed by atoms with Crippen molar-refractivity contribution in [2.75, 3.05) is 20.2 Å². The van der Waals surface area contributed by atoms with Crippen molar-refractivity contribution in [1.29, 1.82) is 0 Å². The molecule has 104 valence electrons. The predicted octanol–water partition coefficient (Wildman–Crippen LogP) is 1.53. The van der Waals surface area contributed by atoms with Crippen LogP contribution in [0.3, 0.4) is 0 Å². The van der Waals surface area contributed by atoms with E-state index >= 15 is 0 Å². The minimum Gasteiger partial charge on any atom is -0.468 e. The monoisotopic (exact) mass is 254 g/mol. The van der Waals surface area contributed by atoms with E-state index in [1.54, 1.807) is 0 Å². The third kappa shape index (κ3) is 2.69. The molecule has 4 nitrogen and oxygen atoms in total. The predicted molar refractivity (Wildman–Crippen MR) is 71.2 cm³/mol. The van der Waals surface area contributed by atoms with Crippen molar-refractivity contribution >= 4 is 5.97 Å². The molecule has 2 fully saturated rings. The smallest absolute Gasteiger partial charge is 0.326 e. The molecule has 2 aliphatic rings. The molecular formula is C14H26N2O2. The topological polar surface area (TPSA) is 55.6 Å². The third-order valence-electron chi connectivity index (χ3n) is 4.64. The second kappa shape index (κ2) is 5.57. The van der Waals surface area contributed by atoms with Gasteiger partial charge in [0.25, 0.3) is 0 Å². The second-order valence-electron chi connectivity index (χ2n) is 6.14. The molecule has 2 N–H and O–H groups in total. The molecule has 0 aromatic rings. The summed E-state index contributed by atoms with van der Waals surface area (Å²) in [6.07, 6.45) is 7.33. The van der Waals surface area contributed by atoms with Crippen molar-refractivity contribution in [3.63, 3.8) is 0 Å². The number of likely N-dealkylation sites (tertiary alicyclic amines) is 1. The number of nitrogens with two attached hydrogens (primary N) is 1. The normalized spacial score (nSPS) is 34.7. The van der Waals surface area contributed by atoms with Crippen LogP contribution in [0.15, 0.2) is 0 Å². The van der Waals surface area contributed by atoms with Crippen LogP contribution in [0.4, 0.5) is 0 Å². The van der Waals surface area contributed by atoms with Gasteiger partial charge in [-0.3, -0.25) is 9.69 Å². The quantitative estimate of drug-likeness (QED) is 0.776. The van der Waals surface area contributed by atoms with E-state index in [0.29, 0.717) is 6.42 Å². The summed E-state index contributed by atoms with van der Waals surface area (Å²) in [5.41, 5.74) is 5.54. The van der Waals surface area contributed by atoms with Crippen LogP contribution in [-0.2, 0) is 9.53 Å². The van der Waals surface area contributed by atoms with Gasteiger partial charge in [-0.2, -0.15) is 0 Å². The molecule has 1 aliphatic heterocycles. The standard InChI is InChI=1S/C14H26N2O2/c1-14(13(17)18-2)8-12(15)10-16(14)9-11-6-4-3-5-7-11/h11-12H,3-10,15H2,1-2H3/t12-,14-/m0/s1. The molecule has 1 aliphatic carbocycles. The lowest BCUT2D eigenvalue weighted by molar-refractivity contribution is -0.152. The number of carbonyl (C=O) groups excluding carboxylic acids is 1. The minimum atomic E-state index is -0.508. The first-order valence-electron chi connectivity index (χ1n) is 7.15. The van der Waals surface area contributed by atoms with E-state index in [1.165, 1.54) is 39.2 Å². The van der Waals surface area contributed by atoms with E-state index in [-0.39, 0.29) is 12.0 Å². The van der Waals surface area contributed by atoms with Gasteiger partial charge >= 0.3 is 5.97 Å². The van der Waals surface area contributed by atoms with Crippen molar-refractivity contribution in [2.45, 2.75) is 57.0 Å². The largest absolute Gasteiger partial charge is 0.468 e. The lowest BCUT2D eigenvalue weighted by atomic mass is 9.88. The average molecular weight is 254 g/mol. The average Bonchev–Trinajstić information content (AvgIpc) is 2.65. The van der Waals surface area contributed by atoms with Gasteiger partial charge in [0.15, 0.2) is 0 Å². The van der Waals surface area contributed by atoms with E-state index < -0.39 is 5.54 Å². The zero-order valence-electron chi connectivity index (χ0n) is 11.7. The Morgan fingerprint density at radius 1 is 1.39 bits per heavy atom. The van der Waals surface area contributed by atoms with E-state index in [2.05, 4.69) is 4.90 Å². The number of methoxy groups -OCH3 is 1. The lowest BCUT2D eigenvalue weighted by Gasteiger charge is -2.35. The van der Waals surface area contributed by atoms with E-state index in [9.17, 15) is 4.79 Å². The molecule has 0 aromatic heterocycles. The molecule has 2 atom stereocenters. The molecule has 18 heavy (non-hydrogen) atoms. The second-order valence-corrected chi connectivity index (χ2v) is 6.14. The van der Waals surface area contributed by atoms with Crippen molar-refractivity contribution in [2.24, 2.45) is 11.7 Å². The third-order valence-corrected chi connectivity index (χ3v) is 4.64. The highest BCUT2D eigenvalue weighted by Gasteiger charge is 2.47. The maximum absolute atomic E-state index is 12.0. The molecule has 0 aromatic carbocycles. The fraction of sp³-hybridized carbons (Fsp3) is 0.929.